The summed E-state index contributed by atoms with van der Waals surface area (Å²) in [6.07, 6.45) is 1.38. The molecule has 0 unspecified atom stereocenters. The van der Waals surface area contributed by atoms with Gasteiger partial charge in [-0.2, -0.15) is 9.78 Å². The Hall–Kier alpha value is 0.120. The number of amides is 2. The summed E-state index contributed by atoms with van der Waals surface area (Å²) in [6.45, 7) is 0. The highest BCUT2D eigenvalue weighted by atomic mass is 32.2. The minimum atomic E-state index is -0.505. The first-order valence-corrected chi connectivity index (χ1v) is 20.1. The summed E-state index contributed by atoms with van der Waals surface area (Å²) < 4.78 is 9.99. The van der Waals surface area contributed by atoms with Gasteiger partial charge in [-0.15, -0.1) is 94.1 Å². The van der Waals surface area contributed by atoms with Gasteiger partial charge in [0, 0.05) is 21.7 Å². The lowest BCUT2D eigenvalue weighted by molar-refractivity contribution is -0.196. The number of hydrogen-bond acceptors (Lipinski definition) is 20. The molecule has 0 rings (SSSR count). The molecule has 0 aliphatic carbocycles. The summed E-state index contributed by atoms with van der Waals surface area (Å²) in [5.41, 5.74) is 0. The van der Waals surface area contributed by atoms with Crippen LogP contribution in [0.3, 0.4) is 0 Å². The zero-order valence-corrected chi connectivity index (χ0v) is 27.9. The van der Waals surface area contributed by atoms with E-state index in [4.69, 9.17) is 39.2 Å². The van der Waals surface area contributed by atoms with Gasteiger partial charge in [-0.3, -0.25) is 0 Å². The molecule has 0 aliphatic rings. The smallest absolute Gasteiger partial charge is 0.408 e. The van der Waals surface area contributed by atoms with Crippen molar-refractivity contribution in [3.05, 3.63) is 0 Å². The first-order chi connectivity index (χ1) is 19.7. The SMILES string of the molecule is O=C(NCSC/N=C\OOCSCSCO)OCSCCSCOO/C=N\CSCNC(=O)OCSCSCO. The molecular weight excluding hydrogens is 689 g/mol. The Kier molecular flexibility index (Phi) is 35.4. The van der Waals surface area contributed by atoms with Gasteiger partial charge in [-0.25, -0.2) is 19.6 Å². The van der Waals surface area contributed by atoms with Crippen LogP contribution in [-0.2, 0) is 29.0 Å². The lowest BCUT2D eigenvalue weighted by atomic mass is 11.0. The molecule has 0 heterocycles. The van der Waals surface area contributed by atoms with Crippen molar-refractivity contribution >= 4 is 119 Å². The van der Waals surface area contributed by atoms with Crippen LogP contribution in [0, 0.1) is 0 Å². The van der Waals surface area contributed by atoms with E-state index in [1.165, 1.54) is 107 Å². The van der Waals surface area contributed by atoms with Crippen molar-refractivity contribution < 1.29 is 48.8 Å². The van der Waals surface area contributed by atoms with Crippen LogP contribution in [0.25, 0.3) is 0 Å². The molecule has 0 aromatic heterocycles. The van der Waals surface area contributed by atoms with Crippen molar-refractivity contribution in [2.24, 2.45) is 9.98 Å². The van der Waals surface area contributed by atoms with Crippen LogP contribution >= 0.6 is 94.1 Å². The molecule has 2 amide bonds. The fourth-order valence-corrected chi connectivity index (χ4v) is 6.36. The predicted molar refractivity (Wildman–Crippen MR) is 174 cm³/mol. The third-order valence-corrected chi connectivity index (χ3v) is 9.77. The summed E-state index contributed by atoms with van der Waals surface area (Å²) in [5, 5.41) is 23.8. The van der Waals surface area contributed by atoms with Crippen LogP contribution in [0.1, 0.15) is 0 Å². The number of rotatable bonds is 29. The molecule has 0 saturated carbocycles. The normalized spacial score (nSPS) is 11.2. The molecule has 0 aliphatic heterocycles. The molecule has 0 bridgehead atoms. The molecular formula is C18H34N4O10S8. The fourth-order valence-electron chi connectivity index (χ4n) is 1.51. The number of carbonyl (C=O) groups excluding carboxylic acids is 2. The van der Waals surface area contributed by atoms with Crippen molar-refractivity contribution in [1.82, 2.24) is 10.6 Å². The number of hydrogen-bond donors (Lipinski definition) is 4. The van der Waals surface area contributed by atoms with Crippen LogP contribution in [0.2, 0.25) is 0 Å². The van der Waals surface area contributed by atoms with Crippen LogP contribution < -0.4 is 10.6 Å². The number of nitrogens with zero attached hydrogens (tertiary/aromatic N) is 2. The van der Waals surface area contributed by atoms with E-state index in [9.17, 15) is 9.59 Å². The number of aliphatic hydroxyl groups is 2. The number of aliphatic imine (C=N–C) groups is 2. The molecule has 0 aromatic carbocycles. The van der Waals surface area contributed by atoms with Crippen LogP contribution in [0.15, 0.2) is 9.98 Å². The number of thioether (sulfide) groups is 8. The second kappa shape index (κ2) is 35.3. The van der Waals surface area contributed by atoms with Gasteiger partial charge in [0.25, 0.3) is 0 Å². The zero-order chi connectivity index (χ0) is 29.2. The van der Waals surface area contributed by atoms with Crippen molar-refractivity contribution in [3.63, 3.8) is 0 Å². The van der Waals surface area contributed by atoms with Crippen molar-refractivity contribution in [1.29, 1.82) is 0 Å². The Labute approximate surface area is 267 Å². The maximum Gasteiger partial charge on any atom is 0.408 e. The zero-order valence-electron chi connectivity index (χ0n) is 21.4. The van der Waals surface area contributed by atoms with Gasteiger partial charge in [0.15, 0.2) is 0 Å². The number of nitrogens with one attached hydrogen (secondary N) is 2. The van der Waals surface area contributed by atoms with Gasteiger partial charge in [0.05, 0.1) is 35.4 Å². The summed E-state index contributed by atoms with van der Waals surface area (Å²) in [5.74, 6) is 4.28. The van der Waals surface area contributed by atoms with Gasteiger partial charge in [0.2, 0.25) is 12.8 Å². The van der Waals surface area contributed by atoms with Crippen LogP contribution in [0.4, 0.5) is 9.59 Å². The van der Waals surface area contributed by atoms with Crippen molar-refractivity contribution in [2.45, 2.75) is 0 Å². The van der Waals surface area contributed by atoms with E-state index in [1.54, 1.807) is 0 Å². The average Bonchev–Trinajstić information content (AvgIpc) is 2.95. The monoisotopic (exact) mass is 722 g/mol. The van der Waals surface area contributed by atoms with E-state index < -0.39 is 12.2 Å². The minimum absolute atomic E-state index is 0.0456. The number of alkyl carbamates (subject to hydrolysis) is 2. The Morgan fingerprint density at radius 2 is 1.07 bits per heavy atom. The quantitative estimate of drug-likeness (QED) is 0.0219. The summed E-state index contributed by atoms with van der Waals surface area (Å²) >= 11 is 11.3. The van der Waals surface area contributed by atoms with Crippen LogP contribution in [0.5, 0.6) is 0 Å². The van der Waals surface area contributed by atoms with Gasteiger partial charge < -0.3 is 40.1 Å². The van der Waals surface area contributed by atoms with E-state index in [1.807, 2.05) is 0 Å². The van der Waals surface area contributed by atoms with Crippen molar-refractivity contribution in [2.75, 3.05) is 80.8 Å². The van der Waals surface area contributed by atoms with Crippen molar-refractivity contribution in [3.8, 4) is 0 Å². The summed E-state index contributed by atoms with van der Waals surface area (Å²) in [6, 6.07) is 0. The molecule has 0 saturated heterocycles. The third kappa shape index (κ3) is 34.3. The summed E-state index contributed by atoms with van der Waals surface area (Å²) in [7, 11) is 0. The highest BCUT2D eigenvalue weighted by molar-refractivity contribution is 8.16. The van der Waals surface area contributed by atoms with Gasteiger partial charge in [0.1, 0.15) is 23.8 Å². The van der Waals surface area contributed by atoms with E-state index >= 15 is 0 Å². The Bertz CT molecular complexity index is 649. The molecule has 0 atom stereocenters. The maximum absolute atomic E-state index is 11.6. The molecule has 14 nitrogen and oxygen atoms in total. The molecule has 40 heavy (non-hydrogen) atoms. The standard InChI is InChI=1S/C18H34N4O10S8/c23-9-37-15-39-12-28-18(26)22-8-36-5-19-3-29-31-13-34-2-1-33-11-27-17(25)21-7-35-6-20-4-30-32-14-40-16-38-10-24/h3-4,23-24H,1-2,5-16H2,(H,21,25)(H,22,26)/b19-3-,20-4-. The highest BCUT2D eigenvalue weighted by Gasteiger charge is 2.02. The molecule has 22 heteroatoms. The molecule has 4 N–H and O–H groups in total. The first kappa shape index (κ1) is 40.1. The lowest BCUT2D eigenvalue weighted by Gasteiger charge is -2.06. The lowest BCUT2D eigenvalue weighted by Crippen LogP contribution is -2.23. The Morgan fingerprint density at radius 3 is 1.60 bits per heavy atom. The molecule has 0 radical (unpaired) electrons. The fraction of sp³-hybridized carbons (Fsp3) is 0.778. The Morgan fingerprint density at radius 1 is 0.625 bits per heavy atom. The molecule has 0 aromatic rings. The number of ether oxygens (including phenoxy) is 2. The second-order valence-corrected chi connectivity index (χ2v) is 14.3. The second-order valence-electron chi connectivity index (χ2n) is 5.77. The molecule has 0 spiro atoms. The largest absolute Gasteiger partial charge is 0.438 e. The molecule has 0 fully saturated rings. The van der Waals surface area contributed by atoms with E-state index in [0.29, 0.717) is 45.6 Å². The highest BCUT2D eigenvalue weighted by Crippen LogP contribution is 2.11. The average molecular weight is 723 g/mol. The first-order valence-electron chi connectivity index (χ1n) is 10.9. The predicted octanol–water partition coefficient (Wildman–Crippen LogP) is 3.73. The topological polar surface area (TPSA) is 179 Å². The summed E-state index contributed by atoms with van der Waals surface area (Å²) in [4.78, 5) is 50.3. The Balaban J connectivity index is 3.30. The van der Waals surface area contributed by atoms with E-state index in [2.05, 4.69) is 20.6 Å². The third-order valence-electron chi connectivity index (χ3n) is 3.04. The van der Waals surface area contributed by atoms with Gasteiger partial charge >= 0.3 is 12.2 Å². The molecule has 234 valence electrons. The van der Waals surface area contributed by atoms with Crippen LogP contribution in [-0.4, -0.2) is 116 Å². The maximum atomic E-state index is 11.6. The van der Waals surface area contributed by atoms with Gasteiger partial charge in [-0.1, -0.05) is 0 Å². The number of aliphatic hydroxyl groups excluding tert-OH is 2. The van der Waals surface area contributed by atoms with Gasteiger partial charge in [-0.05, 0) is 0 Å². The van der Waals surface area contributed by atoms with E-state index in [0.717, 1.165) is 11.5 Å². The minimum Gasteiger partial charge on any atom is -0.438 e. The number of carbonyl (C=O) groups is 2. The van der Waals surface area contributed by atoms with E-state index in [-0.39, 0.29) is 23.8 Å².